The van der Waals surface area contributed by atoms with Crippen LogP contribution in [0.5, 0.6) is 0 Å². The van der Waals surface area contributed by atoms with E-state index in [0.29, 0.717) is 23.5 Å². The molecule has 60 heavy (non-hydrogen) atoms. The topological polar surface area (TPSA) is 225 Å². The molecule has 0 saturated heterocycles. The largest absolute Gasteiger partial charge is 0.488 e. The number of carbonyl (C=O) groups is 4. The Hall–Kier alpha value is -5.65. The SMILES string of the molecule is CC[C@@H]1C(=O)N(C)c2cnc(-c3cccc(C(N)=O)c3)nc2N1C1CCCC1.CC[C@@H]1C(=O)N(C)c2cnc(Cl)nc2N1C1CCCC1.NC(=O)c1cccc(B(O)O)c1. The normalized spacial score (nSPS) is 18.9. The van der Waals surface area contributed by atoms with Crippen LogP contribution in [0, 0.1) is 0 Å². The van der Waals surface area contributed by atoms with Crippen LogP contribution < -0.4 is 36.5 Å². The Morgan fingerprint density at radius 2 is 1.20 bits per heavy atom. The number of benzene rings is 2. The van der Waals surface area contributed by atoms with Gasteiger partial charge < -0.3 is 41.1 Å². The van der Waals surface area contributed by atoms with Gasteiger partial charge in [-0.3, -0.25) is 19.2 Å². The van der Waals surface area contributed by atoms with Crippen molar-refractivity contribution in [1.82, 2.24) is 19.9 Å². The van der Waals surface area contributed by atoms with Crippen LogP contribution in [0.2, 0.25) is 5.28 Å². The highest BCUT2D eigenvalue weighted by Crippen LogP contribution is 2.41. The molecule has 8 rings (SSSR count). The van der Waals surface area contributed by atoms with Gasteiger partial charge in [0.1, 0.15) is 23.5 Å². The number of fused-ring (bicyclic) bond motifs is 2. The maximum atomic E-state index is 12.9. The van der Waals surface area contributed by atoms with Gasteiger partial charge in [-0.05, 0) is 79.9 Å². The van der Waals surface area contributed by atoms with Gasteiger partial charge in [0.2, 0.25) is 28.9 Å². The molecule has 0 radical (unpaired) electrons. The second kappa shape index (κ2) is 19.2. The molecule has 4 heterocycles. The molecule has 2 atom stereocenters. The van der Waals surface area contributed by atoms with Gasteiger partial charge in [0.25, 0.3) is 0 Å². The lowest BCUT2D eigenvalue weighted by atomic mass is 9.79. The van der Waals surface area contributed by atoms with Gasteiger partial charge in [-0.1, -0.05) is 63.8 Å². The highest BCUT2D eigenvalue weighted by molar-refractivity contribution is 6.58. The Balaban J connectivity index is 0.000000164. The molecule has 316 valence electrons. The number of hydrogen-bond donors (Lipinski definition) is 4. The Morgan fingerprint density at radius 3 is 1.68 bits per heavy atom. The van der Waals surface area contributed by atoms with E-state index in [1.165, 1.54) is 49.9 Å². The van der Waals surface area contributed by atoms with Gasteiger partial charge in [0.05, 0.1) is 12.4 Å². The van der Waals surface area contributed by atoms with Crippen LogP contribution in [0.15, 0.2) is 60.9 Å². The van der Waals surface area contributed by atoms with Crippen LogP contribution in [0.4, 0.5) is 23.0 Å². The highest BCUT2D eigenvalue weighted by Gasteiger charge is 2.42. The zero-order valence-corrected chi connectivity index (χ0v) is 35.1. The third kappa shape index (κ3) is 9.22. The molecule has 4 aromatic rings. The summed E-state index contributed by atoms with van der Waals surface area (Å²) in [6.07, 6.45) is 14.0. The van der Waals surface area contributed by atoms with Crippen LogP contribution in [-0.4, -0.2) is 99.0 Å². The molecule has 0 unspecified atom stereocenters. The number of rotatable bonds is 8. The fraction of sp³-hybridized carbons (Fsp3) is 0.429. The van der Waals surface area contributed by atoms with E-state index in [-0.39, 0.29) is 40.2 Å². The quantitative estimate of drug-likeness (QED) is 0.147. The maximum absolute atomic E-state index is 12.9. The minimum Gasteiger partial charge on any atom is -0.423 e. The molecule has 2 saturated carbocycles. The van der Waals surface area contributed by atoms with Crippen molar-refractivity contribution in [2.24, 2.45) is 11.5 Å². The predicted molar refractivity (Wildman–Crippen MR) is 232 cm³/mol. The molecular formula is C42H52BClN10O6. The lowest BCUT2D eigenvalue weighted by Crippen LogP contribution is -2.55. The first-order valence-electron chi connectivity index (χ1n) is 20.4. The van der Waals surface area contributed by atoms with Gasteiger partial charge in [0, 0.05) is 42.9 Å². The van der Waals surface area contributed by atoms with E-state index in [4.69, 9.17) is 38.1 Å². The van der Waals surface area contributed by atoms with Crippen molar-refractivity contribution in [3.05, 3.63) is 77.3 Å². The lowest BCUT2D eigenvalue weighted by Gasteiger charge is -2.43. The number of nitrogens with zero attached hydrogens (tertiary/aromatic N) is 8. The number of hydrogen-bond acceptors (Lipinski definition) is 12. The number of amides is 4. The number of anilines is 4. The number of aromatic nitrogens is 4. The van der Waals surface area contributed by atoms with Crippen LogP contribution in [0.1, 0.15) is 98.8 Å². The Bertz CT molecular complexity index is 2220. The van der Waals surface area contributed by atoms with Crippen molar-refractivity contribution in [2.45, 2.75) is 102 Å². The summed E-state index contributed by atoms with van der Waals surface area (Å²) in [5, 5.41) is 17.7. The van der Waals surface area contributed by atoms with Crippen molar-refractivity contribution < 1.29 is 29.2 Å². The average molecular weight is 839 g/mol. The average Bonchev–Trinajstić information content (AvgIpc) is 3.99. The Kier molecular flexibility index (Phi) is 14.0. The van der Waals surface area contributed by atoms with E-state index in [9.17, 15) is 19.2 Å². The summed E-state index contributed by atoms with van der Waals surface area (Å²) >= 11 is 5.97. The van der Waals surface area contributed by atoms with E-state index in [0.717, 1.165) is 67.1 Å². The molecule has 6 N–H and O–H groups in total. The standard InChI is InChI=1S/C21H25N5O2.C14H19ClN4O.C7H8BNO3/c1-3-16-21(28)25(2)17-12-23-19(14-8-6-7-13(11-14)18(22)27)24-20(17)26(16)15-9-4-5-10-15;1-3-10-13(20)18(2)11-8-16-14(15)17-12(11)19(10)9-6-4-5-7-9;9-7(10)5-2-1-3-6(4-5)8(11)12/h6-8,11-12,15-16H,3-5,9-10H2,1-2H3,(H2,22,27);8-10H,3-7H2,1-2H3;1-4,11-12H,(H2,9,10)/t16-;10-;/m11./s1. The van der Waals surface area contributed by atoms with Crippen LogP contribution in [0.3, 0.4) is 0 Å². The summed E-state index contributed by atoms with van der Waals surface area (Å²) in [6, 6.07) is 13.3. The van der Waals surface area contributed by atoms with Gasteiger partial charge in [-0.2, -0.15) is 4.98 Å². The van der Waals surface area contributed by atoms with Gasteiger partial charge >= 0.3 is 7.12 Å². The highest BCUT2D eigenvalue weighted by atomic mass is 35.5. The Morgan fingerprint density at radius 1 is 0.733 bits per heavy atom. The number of primary amides is 2. The number of carbonyl (C=O) groups excluding carboxylic acids is 4. The molecular weight excluding hydrogens is 787 g/mol. The number of nitrogens with two attached hydrogens (primary N) is 2. The van der Waals surface area contributed by atoms with E-state index in [1.807, 2.05) is 19.9 Å². The minimum atomic E-state index is -1.57. The van der Waals surface area contributed by atoms with E-state index >= 15 is 0 Å². The van der Waals surface area contributed by atoms with E-state index in [1.54, 1.807) is 54.5 Å². The van der Waals surface area contributed by atoms with Crippen molar-refractivity contribution in [2.75, 3.05) is 33.7 Å². The summed E-state index contributed by atoms with van der Waals surface area (Å²) < 4.78 is 0. The fourth-order valence-corrected chi connectivity index (χ4v) is 8.68. The molecule has 18 heteroatoms. The summed E-state index contributed by atoms with van der Waals surface area (Å²) in [6.45, 7) is 4.09. The lowest BCUT2D eigenvalue weighted by molar-refractivity contribution is -0.120. The Labute approximate surface area is 355 Å². The predicted octanol–water partition coefficient (Wildman–Crippen LogP) is 3.85. The summed E-state index contributed by atoms with van der Waals surface area (Å²) in [5.41, 5.74) is 13.6. The van der Waals surface area contributed by atoms with Crippen LogP contribution >= 0.6 is 11.6 Å². The van der Waals surface area contributed by atoms with Crippen molar-refractivity contribution in [3.8, 4) is 11.4 Å². The summed E-state index contributed by atoms with van der Waals surface area (Å²) in [4.78, 5) is 73.2. The van der Waals surface area contributed by atoms with Crippen LogP contribution in [0.25, 0.3) is 11.4 Å². The fourth-order valence-electron chi connectivity index (χ4n) is 8.55. The van der Waals surface area contributed by atoms with Crippen molar-refractivity contribution >= 4 is 70.8 Å². The number of likely N-dealkylation sites (N-methyl/N-ethyl adjacent to an activating group) is 2. The van der Waals surface area contributed by atoms with Crippen LogP contribution in [-0.2, 0) is 9.59 Å². The zero-order valence-electron chi connectivity index (χ0n) is 34.4. The van der Waals surface area contributed by atoms with Gasteiger partial charge in [0.15, 0.2) is 17.5 Å². The maximum Gasteiger partial charge on any atom is 0.488 e. The first kappa shape index (κ1) is 43.9. The third-order valence-corrected chi connectivity index (χ3v) is 11.9. The first-order chi connectivity index (χ1) is 28.7. The molecule has 4 aliphatic rings. The minimum absolute atomic E-state index is 0.0916. The van der Waals surface area contributed by atoms with E-state index in [2.05, 4.69) is 24.8 Å². The molecule has 2 aliphatic heterocycles. The molecule has 2 aliphatic carbocycles. The molecule has 2 aromatic heterocycles. The van der Waals surface area contributed by atoms with E-state index < -0.39 is 18.9 Å². The summed E-state index contributed by atoms with van der Waals surface area (Å²) in [7, 11) is 2.00. The third-order valence-electron chi connectivity index (χ3n) is 11.7. The van der Waals surface area contributed by atoms with Gasteiger partial charge in [-0.15, -0.1) is 0 Å². The zero-order chi connectivity index (χ0) is 43.2. The van der Waals surface area contributed by atoms with Crippen molar-refractivity contribution in [1.29, 1.82) is 0 Å². The first-order valence-corrected chi connectivity index (χ1v) is 20.8. The second-order valence-corrected chi connectivity index (χ2v) is 15.7. The molecule has 16 nitrogen and oxygen atoms in total. The monoisotopic (exact) mass is 838 g/mol. The number of halogens is 1. The van der Waals surface area contributed by atoms with Crippen molar-refractivity contribution in [3.63, 3.8) is 0 Å². The second-order valence-electron chi connectivity index (χ2n) is 15.4. The molecule has 2 aromatic carbocycles. The van der Waals surface area contributed by atoms with Gasteiger partial charge in [-0.25, -0.2) is 15.0 Å². The molecule has 2 fully saturated rings. The smallest absolute Gasteiger partial charge is 0.423 e. The molecule has 4 amide bonds. The molecule has 0 bridgehead atoms. The molecule has 0 spiro atoms. The summed E-state index contributed by atoms with van der Waals surface area (Å²) in [5.74, 6) is 1.29.